The van der Waals surface area contributed by atoms with Gasteiger partial charge in [-0.05, 0) is 62.9 Å². The van der Waals surface area contributed by atoms with Gasteiger partial charge < -0.3 is 10.5 Å². The molecule has 1 aromatic heterocycles. The highest BCUT2D eigenvalue weighted by molar-refractivity contribution is 5.61. The van der Waals surface area contributed by atoms with Gasteiger partial charge in [0.1, 0.15) is 5.75 Å². The number of nitrogens with two attached hydrogens (primary N) is 1. The Morgan fingerprint density at radius 1 is 1.10 bits per heavy atom. The molecule has 20 heavy (non-hydrogen) atoms. The normalized spacial score (nSPS) is 15.4. The summed E-state index contributed by atoms with van der Waals surface area (Å²) in [5, 5.41) is 0. The molecule has 4 heteroatoms. The number of aromatic nitrogens is 2. The summed E-state index contributed by atoms with van der Waals surface area (Å²) >= 11 is 0. The van der Waals surface area contributed by atoms with Crippen LogP contribution in [0.2, 0.25) is 0 Å². The highest BCUT2D eigenvalue weighted by atomic mass is 16.5. The molecule has 1 heterocycles. The van der Waals surface area contributed by atoms with E-state index in [2.05, 4.69) is 9.97 Å². The maximum absolute atomic E-state index is 5.96. The fraction of sp³-hybridized carbons (Fsp3) is 0.375. The first kappa shape index (κ1) is 12.9. The molecule has 0 radical (unpaired) electrons. The van der Waals surface area contributed by atoms with Crippen LogP contribution in [0, 0.1) is 6.92 Å². The van der Waals surface area contributed by atoms with Crippen molar-refractivity contribution in [2.45, 2.75) is 38.7 Å². The minimum Gasteiger partial charge on any atom is -0.490 e. The lowest BCUT2D eigenvalue weighted by Crippen LogP contribution is -2.10. The fourth-order valence-corrected chi connectivity index (χ4v) is 2.64. The summed E-state index contributed by atoms with van der Waals surface area (Å²) in [6, 6.07) is 9.97. The second kappa shape index (κ2) is 5.49. The smallest absolute Gasteiger partial charge is 0.220 e. The molecular formula is C16H19N3O. The zero-order valence-electron chi connectivity index (χ0n) is 11.7. The third-order valence-electron chi connectivity index (χ3n) is 3.63. The van der Waals surface area contributed by atoms with E-state index in [1.165, 1.54) is 25.7 Å². The maximum atomic E-state index is 5.96. The summed E-state index contributed by atoms with van der Waals surface area (Å²) in [7, 11) is 0. The van der Waals surface area contributed by atoms with E-state index in [1.54, 1.807) is 0 Å². The van der Waals surface area contributed by atoms with Crippen molar-refractivity contribution in [3.8, 4) is 17.0 Å². The molecule has 0 atom stereocenters. The van der Waals surface area contributed by atoms with Crippen LogP contribution in [0.4, 0.5) is 5.95 Å². The molecule has 1 fully saturated rings. The van der Waals surface area contributed by atoms with Crippen LogP contribution >= 0.6 is 0 Å². The van der Waals surface area contributed by atoms with Gasteiger partial charge in [0, 0.05) is 11.3 Å². The Labute approximate surface area is 119 Å². The zero-order valence-corrected chi connectivity index (χ0v) is 11.7. The molecule has 1 aliphatic rings. The monoisotopic (exact) mass is 269 g/mol. The van der Waals surface area contributed by atoms with Crippen LogP contribution in [0.1, 0.15) is 31.4 Å². The van der Waals surface area contributed by atoms with E-state index in [-0.39, 0.29) is 0 Å². The van der Waals surface area contributed by atoms with E-state index < -0.39 is 0 Å². The molecule has 1 aromatic carbocycles. The van der Waals surface area contributed by atoms with Crippen LogP contribution in [0.3, 0.4) is 0 Å². The Kier molecular flexibility index (Phi) is 3.54. The Morgan fingerprint density at radius 3 is 2.45 bits per heavy atom. The number of aryl methyl sites for hydroxylation is 1. The Bertz CT molecular complexity index is 569. The largest absolute Gasteiger partial charge is 0.490 e. The molecule has 2 N–H and O–H groups in total. The SMILES string of the molecule is Cc1cc(-c2ccc(OC3CCCC3)cc2)nc(N)n1. The number of ether oxygens (including phenoxy) is 1. The van der Waals surface area contributed by atoms with Crippen molar-refractivity contribution < 1.29 is 4.74 Å². The van der Waals surface area contributed by atoms with Crippen LogP contribution in [0.15, 0.2) is 30.3 Å². The van der Waals surface area contributed by atoms with Gasteiger partial charge in [-0.2, -0.15) is 0 Å². The summed E-state index contributed by atoms with van der Waals surface area (Å²) in [6.45, 7) is 1.92. The van der Waals surface area contributed by atoms with Crippen LogP contribution < -0.4 is 10.5 Å². The number of rotatable bonds is 3. The molecule has 104 valence electrons. The van der Waals surface area contributed by atoms with Gasteiger partial charge in [-0.25, -0.2) is 9.97 Å². The fourth-order valence-electron chi connectivity index (χ4n) is 2.64. The number of nitrogen functional groups attached to an aromatic ring is 1. The highest BCUT2D eigenvalue weighted by Gasteiger charge is 2.16. The lowest BCUT2D eigenvalue weighted by molar-refractivity contribution is 0.210. The van der Waals surface area contributed by atoms with Gasteiger partial charge in [0.2, 0.25) is 5.95 Å². The Hall–Kier alpha value is -2.10. The van der Waals surface area contributed by atoms with Gasteiger partial charge in [-0.15, -0.1) is 0 Å². The molecule has 0 bridgehead atoms. The number of nitrogens with zero attached hydrogens (tertiary/aromatic N) is 2. The predicted molar refractivity (Wildman–Crippen MR) is 79.5 cm³/mol. The molecule has 1 saturated carbocycles. The van der Waals surface area contributed by atoms with E-state index in [4.69, 9.17) is 10.5 Å². The molecule has 1 aliphatic carbocycles. The average molecular weight is 269 g/mol. The number of benzene rings is 1. The zero-order chi connectivity index (χ0) is 13.9. The third kappa shape index (κ3) is 2.90. The van der Waals surface area contributed by atoms with Crippen molar-refractivity contribution in [1.29, 1.82) is 0 Å². The first-order chi connectivity index (χ1) is 9.70. The molecular weight excluding hydrogens is 250 g/mol. The van der Waals surface area contributed by atoms with Gasteiger partial charge in [0.05, 0.1) is 11.8 Å². The number of anilines is 1. The van der Waals surface area contributed by atoms with Crippen molar-refractivity contribution in [1.82, 2.24) is 9.97 Å². The second-order valence-electron chi connectivity index (χ2n) is 5.30. The van der Waals surface area contributed by atoms with E-state index in [0.29, 0.717) is 12.1 Å². The first-order valence-corrected chi connectivity index (χ1v) is 7.09. The molecule has 3 rings (SSSR count). The summed E-state index contributed by atoms with van der Waals surface area (Å²) in [5.74, 6) is 1.24. The summed E-state index contributed by atoms with van der Waals surface area (Å²) < 4.78 is 5.96. The van der Waals surface area contributed by atoms with E-state index in [0.717, 1.165) is 22.7 Å². The minimum absolute atomic E-state index is 0.311. The van der Waals surface area contributed by atoms with Crippen molar-refractivity contribution >= 4 is 5.95 Å². The van der Waals surface area contributed by atoms with Gasteiger partial charge in [0.15, 0.2) is 0 Å². The van der Waals surface area contributed by atoms with Crippen LogP contribution in [0.5, 0.6) is 5.75 Å². The Morgan fingerprint density at radius 2 is 1.80 bits per heavy atom. The maximum Gasteiger partial charge on any atom is 0.220 e. The summed E-state index contributed by atoms with van der Waals surface area (Å²) in [4.78, 5) is 8.35. The molecule has 0 amide bonds. The Balaban J connectivity index is 1.78. The predicted octanol–water partition coefficient (Wildman–Crippen LogP) is 3.36. The van der Waals surface area contributed by atoms with Crippen LogP contribution in [-0.4, -0.2) is 16.1 Å². The lowest BCUT2D eigenvalue weighted by Gasteiger charge is -2.13. The quantitative estimate of drug-likeness (QED) is 0.928. The second-order valence-corrected chi connectivity index (χ2v) is 5.30. The van der Waals surface area contributed by atoms with Gasteiger partial charge in [-0.1, -0.05) is 0 Å². The standard InChI is InChI=1S/C16H19N3O/c1-11-10-15(19-16(17)18-11)12-6-8-14(9-7-12)20-13-4-2-3-5-13/h6-10,13H,2-5H2,1H3,(H2,17,18,19). The van der Waals surface area contributed by atoms with E-state index in [9.17, 15) is 0 Å². The molecule has 4 nitrogen and oxygen atoms in total. The first-order valence-electron chi connectivity index (χ1n) is 7.09. The topological polar surface area (TPSA) is 61.0 Å². The molecule has 0 spiro atoms. The summed E-state index contributed by atoms with van der Waals surface area (Å²) in [6.07, 6.45) is 5.29. The van der Waals surface area contributed by atoms with Crippen molar-refractivity contribution in [3.63, 3.8) is 0 Å². The third-order valence-corrected chi connectivity index (χ3v) is 3.63. The van der Waals surface area contributed by atoms with Gasteiger partial charge in [0.25, 0.3) is 0 Å². The van der Waals surface area contributed by atoms with E-state index in [1.807, 2.05) is 37.3 Å². The minimum atomic E-state index is 0.311. The highest BCUT2D eigenvalue weighted by Crippen LogP contribution is 2.26. The molecule has 0 aliphatic heterocycles. The number of hydrogen-bond donors (Lipinski definition) is 1. The molecule has 0 saturated heterocycles. The van der Waals surface area contributed by atoms with Gasteiger partial charge in [-0.3, -0.25) is 0 Å². The van der Waals surface area contributed by atoms with Crippen molar-refractivity contribution in [2.75, 3.05) is 5.73 Å². The molecule has 0 unspecified atom stereocenters. The van der Waals surface area contributed by atoms with Crippen molar-refractivity contribution in [2.24, 2.45) is 0 Å². The van der Waals surface area contributed by atoms with Crippen LogP contribution in [0.25, 0.3) is 11.3 Å². The van der Waals surface area contributed by atoms with Crippen molar-refractivity contribution in [3.05, 3.63) is 36.0 Å². The lowest BCUT2D eigenvalue weighted by atomic mass is 10.1. The average Bonchev–Trinajstić information content (AvgIpc) is 2.91. The van der Waals surface area contributed by atoms with E-state index >= 15 is 0 Å². The molecule has 2 aromatic rings. The van der Waals surface area contributed by atoms with Crippen LogP contribution in [-0.2, 0) is 0 Å². The van der Waals surface area contributed by atoms with Gasteiger partial charge >= 0.3 is 0 Å². The number of hydrogen-bond acceptors (Lipinski definition) is 4. The summed E-state index contributed by atoms with van der Waals surface area (Å²) in [5.41, 5.74) is 8.44.